The van der Waals surface area contributed by atoms with E-state index in [4.69, 9.17) is 22.4 Å². The Morgan fingerprint density at radius 3 is 3.00 bits per heavy atom. The Labute approximate surface area is 78.0 Å². The van der Waals surface area contributed by atoms with Gasteiger partial charge in [-0.25, -0.2) is 4.98 Å². The minimum absolute atomic E-state index is 0.221. The standard InChI is InChI=1S/C6H7ClN2O2S/c7-6-9-3(2-12-6)1-4(8)5(10)11/h2,4H,1,8H2,(H,10,11)/t4-/m1/s1. The number of thiazole rings is 1. The number of carbonyl (C=O) groups is 1. The highest BCUT2D eigenvalue weighted by Gasteiger charge is 2.13. The highest BCUT2D eigenvalue weighted by atomic mass is 35.5. The summed E-state index contributed by atoms with van der Waals surface area (Å²) in [4.78, 5) is 14.2. The molecule has 6 heteroatoms. The Morgan fingerprint density at radius 1 is 1.92 bits per heavy atom. The fourth-order valence-electron chi connectivity index (χ4n) is 0.689. The maximum absolute atomic E-state index is 10.3. The van der Waals surface area contributed by atoms with Crippen LogP contribution in [0.5, 0.6) is 0 Å². The molecule has 0 aliphatic carbocycles. The second-order valence-electron chi connectivity index (χ2n) is 2.24. The van der Waals surface area contributed by atoms with E-state index in [1.54, 1.807) is 5.38 Å². The molecule has 0 saturated carbocycles. The number of carboxylic acids is 1. The lowest BCUT2D eigenvalue weighted by molar-refractivity contribution is -0.138. The van der Waals surface area contributed by atoms with E-state index in [9.17, 15) is 4.79 Å². The highest BCUT2D eigenvalue weighted by molar-refractivity contribution is 7.13. The van der Waals surface area contributed by atoms with Crippen LogP contribution in [0, 0.1) is 0 Å². The first kappa shape index (κ1) is 9.44. The number of nitrogens with two attached hydrogens (primary N) is 1. The molecule has 1 aromatic heterocycles. The van der Waals surface area contributed by atoms with Gasteiger partial charge in [-0.2, -0.15) is 0 Å². The SMILES string of the molecule is N[C@H](Cc1csc(Cl)n1)C(=O)O. The quantitative estimate of drug-likeness (QED) is 0.765. The van der Waals surface area contributed by atoms with Crippen LogP contribution in [0.4, 0.5) is 0 Å². The Morgan fingerprint density at radius 2 is 2.58 bits per heavy atom. The van der Waals surface area contributed by atoms with Crippen LogP contribution in [-0.4, -0.2) is 22.1 Å². The van der Waals surface area contributed by atoms with E-state index in [2.05, 4.69) is 4.98 Å². The number of carboxylic acid groups (broad SMARTS) is 1. The maximum Gasteiger partial charge on any atom is 0.320 e. The van der Waals surface area contributed by atoms with Gasteiger partial charge >= 0.3 is 5.97 Å². The summed E-state index contributed by atoms with van der Waals surface area (Å²) in [5.74, 6) is -1.03. The lowest BCUT2D eigenvalue weighted by Gasteiger charge is -2.01. The lowest BCUT2D eigenvalue weighted by atomic mass is 10.2. The van der Waals surface area contributed by atoms with Crippen molar-refractivity contribution >= 4 is 28.9 Å². The third kappa shape index (κ3) is 2.44. The van der Waals surface area contributed by atoms with Crippen LogP contribution in [0.2, 0.25) is 4.47 Å². The molecule has 0 spiro atoms. The van der Waals surface area contributed by atoms with E-state index in [0.717, 1.165) is 0 Å². The van der Waals surface area contributed by atoms with Gasteiger partial charge in [-0.3, -0.25) is 4.79 Å². The first-order valence-corrected chi connectivity index (χ1v) is 4.43. The van der Waals surface area contributed by atoms with Gasteiger partial charge in [0.15, 0.2) is 4.47 Å². The molecule has 0 aliphatic rings. The summed E-state index contributed by atoms with van der Waals surface area (Å²) in [6.45, 7) is 0. The molecule has 0 saturated heterocycles. The minimum atomic E-state index is -1.03. The molecule has 0 fully saturated rings. The van der Waals surface area contributed by atoms with Gasteiger partial charge < -0.3 is 10.8 Å². The fraction of sp³-hybridized carbons (Fsp3) is 0.333. The number of halogens is 1. The van der Waals surface area contributed by atoms with Crippen molar-refractivity contribution in [3.8, 4) is 0 Å². The first-order chi connectivity index (χ1) is 5.59. The van der Waals surface area contributed by atoms with Crippen molar-refractivity contribution in [3.63, 3.8) is 0 Å². The van der Waals surface area contributed by atoms with Crippen molar-refractivity contribution < 1.29 is 9.90 Å². The van der Waals surface area contributed by atoms with E-state index in [0.29, 0.717) is 10.2 Å². The molecule has 12 heavy (non-hydrogen) atoms. The van der Waals surface area contributed by atoms with E-state index in [1.165, 1.54) is 11.3 Å². The van der Waals surface area contributed by atoms with Crippen molar-refractivity contribution in [3.05, 3.63) is 15.5 Å². The summed E-state index contributed by atoms with van der Waals surface area (Å²) in [7, 11) is 0. The fourth-order valence-corrected chi connectivity index (χ4v) is 1.48. The van der Waals surface area contributed by atoms with Crippen LogP contribution in [0.1, 0.15) is 5.69 Å². The largest absolute Gasteiger partial charge is 0.480 e. The van der Waals surface area contributed by atoms with E-state index >= 15 is 0 Å². The topological polar surface area (TPSA) is 76.2 Å². The number of hydrogen-bond donors (Lipinski definition) is 2. The van der Waals surface area contributed by atoms with Gasteiger partial charge in [0.05, 0.1) is 5.69 Å². The summed E-state index contributed by atoms with van der Waals surface area (Å²) in [6.07, 6.45) is 0.221. The molecule has 1 heterocycles. The molecule has 1 aromatic rings. The zero-order valence-electron chi connectivity index (χ0n) is 6.03. The Balaban J connectivity index is 2.58. The zero-order valence-corrected chi connectivity index (χ0v) is 7.60. The normalized spacial score (nSPS) is 12.8. The van der Waals surface area contributed by atoms with E-state index in [1.807, 2.05) is 0 Å². The predicted octanol–water partition coefficient (Wildman–Crippen LogP) is 0.751. The Hall–Kier alpha value is -0.650. The van der Waals surface area contributed by atoms with Gasteiger partial charge in [-0.15, -0.1) is 11.3 Å². The second-order valence-corrected chi connectivity index (χ2v) is 3.68. The molecule has 0 unspecified atom stereocenters. The van der Waals surface area contributed by atoms with Gasteiger partial charge in [0.2, 0.25) is 0 Å². The molecular formula is C6H7ClN2O2S. The molecule has 1 atom stereocenters. The number of nitrogens with zero attached hydrogens (tertiary/aromatic N) is 1. The molecule has 1 rings (SSSR count). The molecule has 0 aliphatic heterocycles. The van der Waals surface area contributed by atoms with Crippen LogP contribution in [0.3, 0.4) is 0 Å². The maximum atomic E-state index is 10.3. The second kappa shape index (κ2) is 3.84. The van der Waals surface area contributed by atoms with Crippen molar-refractivity contribution in [2.75, 3.05) is 0 Å². The first-order valence-electron chi connectivity index (χ1n) is 3.18. The number of rotatable bonds is 3. The number of hydrogen-bond acceptors (Lipinski definition) is 4. The molecule has 3 N–H and O–H groups in total. The third-order valence-corrected chi connectivity index (χ3v) is 2.30. The average molecular weight is 207 g/mol. The lowest BCUT2D eigenvalue weighted by Crippen LogP contribution is -2.32. The summed E-state index contributed by atoms with van der Waals surface area (Å²) in [5.41, 5.74) is 5.90. The van der Waals surface area contributed by atoms with Crippen molar-refractivity contribution in [2.24, 2.45) is 5.73 Å². The van der Waals surface area contributed by atoms with Crippen LogP contribution in [0.15, 0.2) is 5.38 Å². The molecule has 0 amide bonds. The Kier molecular flexibility index (Phi) is 3.02. The minimum Gasteiger partial charge on any atom is -0.480 e. The van der Waals surface area contributed by atoms with Crippen LogP contribution >= 0.6 is 22.9 Å². The summed E-state index contributed by atoms with van der Waals surface area (Å²) < 4.78 is 0.405. The van der Waals surface area contributed by atoms with E-state index < -0.39 is 12.0 Å². The molecule has 4 nitrogen and oxygen atoms in total. The van der Waals surface area contributed by atoms with Gasteiger partial charge in [-0.1, -0.05) is 11.6 Å². The number of aliphatic carboxylic acids is 1. The van der Waals surface area contributed by atoms with Gasteiger partial charge in [0, 0.05) is 11.8 Å². The van der Waals surface area contributed by atoms with Crippen molar-refractivity contribution in [1.82, 2.24) is 4.98 Å². The monoisotopic (exact) mass is 206 g/mol. The highest BCUT2D eigenvalue weighted by Crippen LogP contribution is 2.15. The van der Waals surface area contributed by atoms with Crippen LogP contribution in [-0.2, 0) is 11.2 Å². The van der Waals surface area contributed by atoms with Crippen molar-refractivity contribution in [2.45, 2.75) is 12.5 Å². The zero-order chi connectivity index (χ0) is 9.14. The predicted molar refractivity (Wildman–Crippen MR) is 46.4 cm³/mol. The van der Waals surface area contributed by atoms with Crippen molar-refractivity contribution in [1.29, 1.82) is 0 Å². The third-order valence-electron chi connectivity index (χ3n) is 1.27. The van der Waals surface area contributed by atoms with Crippen LogP contribution in [0.25, 0.3) is 0 Å². The van der Waals surface area contributed by atoms with E-state index in [-0.39, 0.29) is 6.42 Å². The molecular weight excluding hydrogens is 200 g/mol. The Bertz CT molecular complexity index is 289. The molecule has 0 bridgehead atoms. The average Bonchev–Trinajstić information content (AvgIpc) is 2.35. The van der Waals surface area contributed by atoms with Gasteiger partial charge in [-0.05, 0) is 0 Å². The molecule has 0 radical (unpaired) electrons. The van der Waals surface area contributed by atoms with Gasteiger partial charge in [0.25, 0.3) is 0 Å². The van der Waals surface area contributed by atoms with Gasteiger partial charge in [0.1, 0.15) is 6.04 Å². The molecule has 0 aromatic carbocycles. The smallest absolute Gasteiger partial charge is 0.320 e. The van der Waals surface area contributed by atoms with Crippen LogP contribution < -0.4 is 5.73 Å². The summed E-state index contributed by atoms with van der Waals surface area (Å²) in [6, 6.07) is -0.900. The summed E-state index contributed by atoms with van der Waals surface area (Å²) >= 11 is 6.81. The number of aromatic nitrogens is 1. The summed E-state index contributed by atoms with van der Waals surface area (Å²) in [5, 5.41) is 10.2. The molecule has 66 valence electrons.